The lowest BCUT2D eigenvalue weighted by Gasteiger charge is -2.21. The van der Waals surface area contributed by atoms with Gasteiger partial charge in [0.05, 0.1) is 22.6 Å². The number of hydrogen-bond acceptors (Lipinski definition) is 6. The van der Waals surface area contributed by atoms with Crippen LogP contribution in [-0.2, 0) is 21.4 Å². The van der Waals surface area contributed by atoms with Crippen LogP contribution in [0, 0.1) is 17.0 Å². The second kappa shape index (κ2) is 11.0. The molecule has 0 saturated carbocycles. The van der Waals surface area contributed by atoms with Gasteiger partial charge in [-0.25, -0.2) is 13.8 Å². The number of benzene rings is 3. The molecule has 0 atom stereocenters. The van der Waals surface area contributed by atoms with Gasteiger partial charge in [0.2, 0.25) is 10.0 Å². The number of halogens is 1. The molecular weight excluding hydrogens is 480 g/mol. The number of sulfonamides is 1. The Kier molecular flexibility index (Phi) is 8.11. The van der Waals surface area contributed by atoms with E-state index in [0.29, 0.717) is 16.1 Å². The van der Waals surface area contributed by atoms with Crippen LogP contribution in [0.5, 0.6) is 0 Å². The molecule has 0 saturated heterocycles. The van der Waals surface area contributed by atoms with Gasteiger partial charge in [-0.3, -0.25) is 14.9 Å². The molecule has 0 radical (unpaired) electrons. The molecule has 0 aliphatic rings. The molecule has 9 nitrogen and oxygen atoms in total. The third kappa shape index (κ3) is 6.70. The van der Waals surface area contributed by atoms with Gasteiger partial charge in [0.25, 0.3) is 11.6 Å². The molecule has 3 aromatic rings. The van der Waals surface area contributed by atoms with Gasteiger partial charge < -0.3 is 0 Å². The minimum Gasteiger partial charge on any atom is -0.272 e. The minimum atomic E-state index is -3.99. The number of nitrogens with one attached hydrogen (secondary N) is 1. The predicted octanol–water partition coefficient (Wildman–Crippen LogP) is 3.90. The molecule has 0 heterocycles. The number of hydrogen-bond donors (Lipinski definition) is 1. The molecule has 0 aliphatic carbocycles. The minimum absolute atomic E-state index is 0.0487. The van der Waals surface area contributed by atoms with Gasteiger partial charge >= 0.3 is 0 Å². The van der Waals surface area contributed by atoms with E-state index in [1.165, 1.54) is 42.6 Å². The van der Waals surface area contributed by atoms with Gasteiger partial charge in [-0.15, -0.1) is 0 Å². The third-order valence-electron chi connectivity index (χ3n) is 4.76. The molecule has 0 bridgehead atoms. The summed E-state index contributed by atoms with van der Waals surface area (Å²) in [4.78, 5) is 22.8. The predicted molar refractivity (Wildman–Crippen MR) is 129 cm³/mol. The Morgan fingerprint density at radius 2 is 1.68 bits per heavy atom. The van der Waals surface area contributed by atoms with E-state index in [-0.39, 0.29) is 17.1 Å². The van der Waals surface area contributed by atoms with Crippen molar-refractivity contribution < 1.29 is 18.1 Å². The maximum absolute atomic E-state index is 13.3. The van der Waals surface area contributed by atoms with E-state index in [1.807, 2.05) is 6.92 Å². The zero-order chi connectivity index (χ0) is 24.7. The number of aryl methyl sites for hydroxylation is 1. The van der Waals surface area contributed by atoms with Crippen LogP contribution >= 0.6 is 11.6 Å². The van der Waals surface area contributed by atoms with Crippen molar-refractivity contribution in [3.8, 4) is 0 Å². The molecule has 0 unspecified atom stereocenters. The van der Waals surface area contributed by atoms with Gasteiger partial charge in [-0.05, 0) is 54.4 Å². The van der Waals surface area contributed by atoms with Gasteiger partial charge in [0.1, 0.15) is 0 Å². The zero-order valence-electron chi connectivity index (χ0n) is 18.1. The summed E-state index contributed by atoms with van der Waals surface area (Å²) in [5.41, 5.74) is 4.31. The SMILES string of the molecule is Cc1ccc(S(=O)(=O)N(CC(=O)N/N=C\c2ccc([N+](=O)[O-])cc2)Cc2ccc(Cl)cc2)cc1. The number of amides is 1. The lowest BCUT2D eigenvalue weighted by Crippen LogP contribution is -2.39. The second-order valence-electron chi connectivity index (χ2n) is 7.35. The van der Waals surface area contributed by atoms with Gasteiger partial charge in [-0.2, -0.15) is 9.41 Å². The number of non-ortho nitro benzene ring substituents is 1. The largest absolute Gasteiger partial charge is 0.272 e. The summed E-state index contributed by atoms with van der Waals surface area (Å²) in [5.74, 6) is -0.650. The highest BCUT2D eigenvalue weighted by Crippen LogP contribution is 2.20. The van der Waals surface area contributed by atoms with Crippen molar-refractivity contribution in [2.45, 2.75) is 18.4 Å². The maximum Gasteiger partial charge on any atom is 0.269 e. The summed E-state index contributed by atoms with van der Waals surface area (Å²) in [6, 6.07) is 18.6. The Morgan fingerprint density at radius 3 is 2.26 bits per heavy atom. The highest BCUT2D eigenvalue weighted by atomic mass is 35.5. The van der Waals surface area contributed by atoms with E-state index in [9.17, 15) is 23.3 Å². The quantitative estimate of drug-likeness (QED) is 0.271. The number of rotatable bonds is 9. The molecule has 0 aliphatic heterocycles. The fraction of sp³-hybridized carbons (Fsp3) is 0.130. The molecule has 3 rings (SSSR count). The molecule has 0 fully saturated rings. The molecule has 11 heteroatoms. The van der Waals surface area contributed by atoms with Gasteiger partial charge in [-0.1, -0.05) is 41.4 Å². The number of carbonyl (C=O) groups is 1. The first-order valence-electron chi connectivity index (χ1n) is 10.0. The van der Waals surface area contributed by atoms with Crippen molar-refractivity contribution in [2.75, 3.05) is 6.54 Å². The number of hydrazone groups is 1. The van der Waals surface area contributed by atoms with E-state index < -0.39 is 27.4 Å². The summed E-state index contributed by atoms with van der Waals surface area (Å²) >= 11 is 5.92. The number of nitro groups is 1. The first-order valence-corrected chi connectivity index (χ1v) is 11.8. The summed E-state index contributed by atoms with van der Waals surface area (Å²) in [6.45, 7) is 1.32. The lowest BCUT2D eigenvalue weighted by atomic mass is 10.2. The van der Waals surface area contributed by atoms with Crippen molar-refractivity contribution in [3.05, 3.63) is 105 Å². The highest BCUT2D eigenvalue weighted by molar-refractivity contribution is 7.89. The lowest BCUT2D eigenvalue weighted by molar-refractivity contribution is -0.384. The highest BCUT2D eigenvalue weighted by Gasteiger charge is 2.27. The topological polar surface area (TPSA) is 122 Å². The summed E-state index contributed by atoms with van der Waals surface area (Å²) < 4.78 is 27.6. The summed E-state index contributed by atoms with van der Waals surface area (Å²) in [6.07, 6.45) is 1.31. The van der Waals surface area contributed by atoms with Crippen LogP contribution in [0.25, 0.3) is 0 Å². The van der Waals surface area contributed by atoms with Crippen molar-refractivity contribution in [2.24, 2.45) is 5.10 Å². The van der Waals surface area contributed by atoms with Crippen LogP contribution in [0.2, 0.25) is 5.02 Å². The Morgan fingerprint density at radius 1 is 1.06 bits per heavy atom. The van der Waals surface area contributed by atoms with E-state index in [0.717, 1.165) is 9.87 Å². The molecule has 1 N–H and O–H groups in total. The average Bonchev–Trinajstić information content (AvgIpc) is 2.80. The van der Waals surface area contributed by atoms with Crippen LogP contribution in [-0.4, -0.2) is 36.3 Å². The van der Waals surface area contributed by atoms with E-state index >= 15 is 0 Å². The molecule has 1 amide bonds. The fourth-order valence-corrected chi connectivity index (χ4v) is 4.45. The maximum atomic E-state index is 13.3. The first kappa shape index (κ1) is 25.0. The van der Waals surface area contributed by atoms with Crippen molar-refractivity contribution in [1.82, 2.24) is 9.73 Å². The van der Waals surface area contributed by atoms with Crippen molar-refractivity contribution in [1.29, 1.82) is 0 Å². The second-order valence-corrected chi connectivity index (χ2v) is 9.73. The molecular formula is C23H21ClN4O5S. The molecule has 176 valence electrons. The smallest absolute Gasteiger partial charge is 0.269 e. The number of nitro benzene ring substituents is 1. The Balaban J connectivity index is 1.75. The van der Waals surface area contributed by atoms with E-state index in [4.69, 9.17) is 11.6 Å². The molecule has 0 aromatic heterocycles. The van der Waals surface area contributed by atoms with Crippen LogP contribution in [0.4, 0.5) is 5.69 Å². The monoisotopic (exact) mass is 500 g/mol. The van der Waals surface area contributed by atoms with Gasteiger partial charge in [0.15, 0.2) is 0 Å². The Bertz CT molecular complexity index is 1290. The first-order chi connectivity index (χ1) is 16.1. The van der Waals surface area contributed by atoms with Crippen LogP contribution in [0.1, 0.15) is 16.7 Å². The Labute approximate surface area is 201 Å². The van der Waals surface area contributed by atoms with E-state index in [1.54, 1.807) is 36.4 Å². The summed E-state index contributed by atoms with van der Waals surface area (Å²) in [7, 11) is -3.99. The van der Waals surface area contributed by atoms with Crippen LogP contribution in [0.15, 0.2) is 82.8 Å². The fourth-order valence-electron chi connectivity index (χ4n) is 2.94. The molecule has 3 aromatic carbocycles. The van der Waals surface area contributed by atoms with Crippen LogP contribution < -0.4 is 5.43 Å². The standard InChI is InChI=1S/C23H21ClN4O5S/c1-17-2-12-22(13-3-17)34(32,33)27(15-19-4-8-20(24)9-5-19)16-23(29)26-25-14-18-6-10-21(11-7-18)28(30)31/h2-14H,15-16H2,1H3,(H,26,29)/b25-14-. The van der Waals surface area contributed by atoms with Crippen LogP contribution in [0.3, 0.4) is 0 Å². The molecule has 34 heavy (non-hydrogen) atoms. The number of carbonyl (C=O) groups excluding carboxylic acids is 1. The number of nitrogens with zero attached hydrogens (tertiary/aromatic N) is 3. The molecule has 0 spiro atoms. The van der Waals surface area contributed by atoms with Gasteiger partial charge in [0, 0.05) is 23.7 Å². The summed E-state index contributed by atoms with van der Waals surface area (Å²) in [5, 5.41) is 15.1. The zero-order valence-corrected chi connectivity index (χ0v) is 19.7. The van der Waals surface area contributed by atoms with E-state index in [2.05, 4.69) is 10.5 Å². The van der Waals surface area contributed by atoms with Crippen molar-refractivity contribution in [3.63, 3.8) is 0 Å². The average molecular weight is 501 g/mol. The Hall–Kier alpha value is -3.60. The normalized spacial score (nSPS) is 11.6. The van der Waals surface area contributed by atoms with Crippen molar-refractivity contribution >= 4 is 39.4 Å². The third-order valence-corrected chi connectivity index (χ3v) is 6.82.